The molecule has 1 aromatic heterocycles. The van der Waals surface area contributed by atoms with Gasteiger partial charge in [-0.15, -0.1) is 0 Å². The van der Waals surface area contributed by atoms with Gasteiger partial charge >= 0.3 is 0 Å². The van der Waals surface area contributed by atoms with Crippen LogP contribution < -0.4 is 5.32 Å². The summed E-state index contributed by atoms with van der Waals surface area (Å²) in [7, 11) is 1.64. The highest BCUT2D eigenvalue weighted by Crippen LogP contribution is 2.16. The summed E-state index contributed by atoms with van der Waals surface area (Å²) in [5, 5.41) is 3.94. The molecule has 2 aromatic rings. The number of carbonyl (C=O) groups excluding carboxylic acids is 1. The average Bonchev–Trinajstić information content (AvgIpc) is 3.26. The predicted molar refractivity (Wildman–Crippen MR) is 137 cm³/mol. The summed E-state index contributed by atoms with van der Waals surface area (Å²) in [6.07, 6.45) is 4.34. The summed E-state index contributed by atoms with van der Waals surface area (Å²) >= 11 is 6.03. The van der Waals surface area contributed by atoms with E-state index in [4.69, 9.17) is 25.8 Å². The van der Waals surface area contributed by atoms with Crippen LogP contribution in [-0.2, 0) is 33.8 Å². The number of nitrogens with zero attached hydrogens (tertiary/aromatic N) is 3. The van der Waals surface area contributed by atoms with Crippen molar-refractivity contribution in [1.82, 2.24) is 19.8 Å². The van der Waals surface area contributed by atoms with Crippen molar-refractivity contribution in [1.29, 1.82) is 0 Å². The number of imidazole rings is 1. The van der Waals surface area contributed by atoms with E-state index < -0.39 is 0 Å². The molecule has 0 saturated carbocycles. The molecule has 194 valence electrons. The molecule has 1 fully saturated rings. The molecule has 2 heterocycles. The van der Waals surface area contributed by atoms with Crippen LogP contribution in [0.3, 0.4) is 0 Å². The van der Waals surface area contributed by atoms with E-state index in [1.807, 2.05) is 28.8 Å². The van der Waals surface area contributed by atoms with E-state index in [-0.39, 0.29) is 11.9 Å². The molecule has 35 heavy (non-hydrogen) atoms. The van der Waals surface area contributed by atoms with E-state index in [9.17, 15) is 4.79 Å². The Balaban J connectivity index is 1.61. The van der Waals surface area contributed by atoms with E-state index in [1.165, 1.54) is 0 Å². The normalized spacial score (nSPS) is 15.1. The number of ether oxygens (including phenoxy) is 3. The van der Waals surface area contributed by atoms with Crippen molar-refractivity contribution in [2.24, 2.45) is 0 Å². The number of aromatic nitrogens is 2. The minimum atomic E-state index is -0.0780. The van der Waals surface area contributed by atoms with Crippen molar-refractivity contribution in [3.8, 4) is 0 Å². The zero-order valence-electron chi connectivity index (χ0n) is 21.2. The summed E-state index contributed by atoms with van der Waals surface area (Å²) < 4.78 is 18.2. The molecule has 0 bridgehead atoms. The Morgan fingerprint density at radius 3 is 2.49 bits per heavy atom. The number of hydrogen-bond acceptors (Lipinski definition) is 6. The smallest absolute Gasteiger partial charge is 0.269 e. The molecule has 8 nitrogen and oxygen atoms in total. The molecule has 3 rings (SSSR count). The highest BCUT2D eigenvalue weighted by molar-refractivity contribution is 6.30. The van der Waals surface area contributed by atoms with Crippen molar-refractivity contribution in [3.05, 3.63) is 52.6 Å². The largest absolute Gasteiger partial charge is 0.382 e. The van der Waals surface area contributed by atoms with Crippen molar-refractivity contribution in [2.75, 3.05) is 46.6 Å². The number of halogens is 1. The fourth-order valence-electron chi connectivity index (χ4n) is 4.20. The summed E-state index contributed by atoms with van der Waals surface area (Å²) in [5.74, 6) is 0.654. The summed E-state index contributed by atoms with van der Waals surface area (Å²) in [4.78, 5) is 20.2. The molecule has 1 N–H and O–H groups in total. The number of methoxy groups -OCH3 is 1. The van der Waals surface area contributed by atoms with E-state index in [0.29, 0.717) is 56.3 Å². The first-order valence-electron chi connectivity index (χ1n) is 12.5. The second kappa shape index (κ2) is 14.6. The third-order valence-electron chi connectivity index (χ3n) is 6.34. The average molecular weight is 507 g/mol. The number of piperidine rings is 1. The molecule has 0 unspecified atom stereocenters. The number of carbonyl (C=O) groups is 1. The summed E-state index contributed by atoms with van der Waals surface area (Å²) in [6, 6.07) is 8.50. The van der Waals surface area contributed by atoms with E-state index >= 15 is 0 Å². The monoisotopic (exact) mass is 506 g/mol. The first-order valence-corrected chi connectivity index (χ1v) is 12.8. The van der Waals surface area contributed by atoms with Crippen molar-refractivity contribution >= 4 is 17.5 Å². The lowest BCUT2D eigenvalue weighted by Gasteiger charge is -2.34. The van der Waals surface area contributed by atoms with E-state index in [0.717, 1.165) is 43.7 Å². The molecule has 0 spiro atoms. The van der Waals surface area contributed by atoms with E-state index in [2.05, 4.69) is 29.0 Å². The minimum absolute atomic E-state index is 0.0780. The lowest BCUT2D eigenvalue weighted by Crippen LogP contribution is -2.46. The molecular weight excluding hydrogens is 468 g/mol. The SMILES string of the molecule is COCCOCCOCc1ncc(C(=O)NC2CCN(C(C)C)CC2)n1CCc1ccc(Cl)cc1. The van der Waals surface area contributed by atoms with Gasteiger partial charge in [0.2, 0.25) is 0 Å². The van der Waals surface area contributed by atoms with Crippen molar-refractivity contribution in [3.63, 3.8) is 0 Å². The number of likely N-dealkylation sites (tertiary alicyclic amines) is 1. The zero-order valence-corrected chi connectivity index (χ0v) is 21.9. The molecule has 1 amide bonds. The lowest BCUT2D eigenvalue weighted by atomic mass is 10.0. The van der Waals surface area contributed by atoms with Crippen molar-refractivity contribution in [2.45, 2.75) is 58.3 Å². The Bertz CT molecular complexity index is 895. The predicted octanol–water partition coefficient (Wildman–Crippen LogP) is 3.56. The highest BCUT2D eigenvalue weighted by atomic mass is 35.5. The molecule has 1 aromatic carbocycles. The first-order chi connectivity index (χ1) is 17.0. The molecule has 0 atom stereocenters. The van der Waals surface area contributed by atoms with Crippen molar-refractivity contribution < 1.29 is 19.0 Å². The van der Waals surface area contributed by atoms with Gasteiger partial charge in [-0.05, 0) is 50.8 Å². The minimum Gasteiger partial charge on any atom is -0.382 e. The second-order valence-corrected chi connectivity index (χ2v) is 9.56. The number of benzene rings is 1. The summed E-state index contributed by atoms with van der Waals surface area (Å²) in [6.45, 7) is 9.41. The molecule has 1 aliphatic rings. The summed E-state index contributed by atoms with van der Waals surface area (Å²) in [5.41, 5.74) is 1.72. The maximum absolute atomic E-state index is 13.2. The number of rotatable bonds is 14. The third kappa shape index (κ3) is 8.88. The van der Waals surface area contributed by atoms with Gasteiger partial charge in [0.25, 0.3) is 5.91 Å². The molecule has 0 aliphatic carbocycles. The Morgan fingerprint density at radius 2 is 1.80 bits per heavy atom. The topological polar surface area (TPSA) is 77.8 Å². The van der Waals surface area contributed by atoms with Crippen LogP contribution in [0, 0.1) is 0 Å². The van der Waals surface area contributed by atoms with Gasteiger partial charge in [-0.25, -0.2) is 4.98 Å². The van der Waals surface area contributed by atoms with Crippen LogP contribution in [-0.4, -0.2) is 79.1 Å². The third-order valence-corrected chi connectivity index (χ3v) is 6.59. The van der Waals surface area contributed by atoms with E-state index in [1.54, 1.807) is 13.3 Å². The zero-order chi connectivity index (χ0) is 25.0. The standard InChI is InChI=1S/C26H39ClN4O4/c1-20(2)30-11-9-23(10-12-30)29-26(32)24-18-28-25(19-35-17-16-34-15-14-33-3)31(24)13-8-21-4-6-22(27)7-5-21/h4-7,18,20,23H,8-17,19H2,1-3H3,(H,29,32). The highest BCUT2D eigenvalue weighted by Gasteiger charge is 2.24. The van der Waals surface area contributed by atoms with Gasteiger partial charge < -0.3 is 29.0 Å². The maximum Gasteiger partial charge on any atom is 0.269 e. The van der Waals surface area contributed by atoms with Gasteiger partial charge in [0.15, 0.2) is 0 Å². The Hall–Kier alpha value is -1.97. The molecule has 1 aliphatic heterocycles. The Kier molecular flexibility index (Phi) is 11.5. The maximum atomic E-state index is 13.2. The van der Waals surface area contributed by atoms with Crippen LogP contribution in [0.25, 0.3) is 0 Å². The number of aryl methyl sites for hydroxylation is 1. The van der Waals surface area contributed by atoms with Crippen LogP contribution in [0.4, 0.5) is 0 Å². The first kappa shape index (κ1) is 27.6. The van der Waals surface area contributed by atoms with Gasteiger partial charge in [0.1, 0.15) is 18.1 Å². The second-order valence-electron chi connectivity index (χ2n) is 9.12. The Labute approximate surface area is 213 Å². The van der Waals surface area contributed by atoms with Gasteiger partial charge in [0, 0.05) is 43.9 Å². The van der Waals surface area contributed by atoms with Gasteiger partial charge in [-0.1, -0.05) is 23.7 Å². The van der Waals surface area contributed by atoms with Gasteiger partial charge in [0.05, 0.1) is 32.6 Å². The van der Waals surface area contributed by atoms with Gasteiger partial charge in [-0.3, -0.25) is 4.79 Å². The quantitative estimate of drug-likeness (QED) is 0.395. The lowest BCUT2D eigenvalue weighted by molar-refractivity contribution is 0.0178. The molecule has 1 saturated heterocycles. The van der Waals surface area contributed by atoms with Crippen LogP contribution >= 0.6 is 11.6 Å². The van der Waals surface area contributed by atoms with Crippen LogP contribution in [0.2, 0.25) is 5.02 Å². The fraction of sp³-hybridized carbons (Fsp3) is 0.615. The number of hydrogen-bond donors (Lipinski definition) is 1. The number of nitrogens with one attached hydrogen (secondary N) is 1. The molecule has 0 radical (unpaired) electrons. The van der Waals surface area contributed by atoms with Crippen LogP contribution in [0.15, 0.2) is 30.5 Å². The van der Waals surface area contributed by atoms with Crippen LogP contribution in [0.1, 0.15) is 48.6 Å². The number of amides is 1. The van der Waals surface area contributed by atoms with Gasteiger partial charge in [-0.2, -0.15) is 0 Å². The Morgan fingerprint density at radius 1 is 1.11 bits per heavy atom. The fourth-order valence-corrected chi connectivity index (χ4v) is 4.32. The molecular formula is C26H39ClN4O4. The molecule has 9 heteroatoms. The van der Waals surface area contributed by atoms with Crippen LogP contribution in [0.5, 0.6) is 0 Å².